The molecule has 0 aliphatic heterocycles. The van der Waals surface area contributed by atoms with E-state index in [0.29, 0.717) is 5.92 Å². The van der Waals surface area contributed by atoms with Crippen LogP contribution in [0.25, 0.3) is 10.6 Å². The summed E-state index contributed by atoms with van der Waals surface area (Å²) in [6.45, 7) is 7.10. The molecule has 2 aromatic rings. The Bertz CT molecular complexity index is 724. The number of benzene rings is 1. The predicted octanol–water partition coefficient (Wildman–Crippen LogP) is 4.97. The summed E-state index contributed by atoms with van der Waals surface area (Å²) in [5.41, 5.74) is 1.24. The van der Waals surface area contributed by atoms with Crippen LogP contribution < -0.4 is 5.32 Å². The van der Waals surface area contributed by atoms with Gasteiger partial charge in [-0.25, -0.2) is 4.39 Å². The monoisotopic (exact) mass is 331 g/mol. The quantitative estimate of drug-likeness (QED) is 0.863. The highest BCUT2D eigenvalue weighted by Crippen LogP contribution is 2.62. The zero-order valence-electron chi connectivity index (χ0n) is 13.8. The molecular formula is C18H22FN3S. The number of rotatable bonds is 3. The maximum atomic E-state index is 13.1. The molecule has 1 heterocycles. The molecular weight excluding hydrogens is 309 g/mol. The smallest absolute Gasteiger partial charge is 0.206 e. The molecule has 2 aliphatic carbocycles. The second-order valence-electron chi connectivity index (χ2n) is 7.68. The van der Waals surface area contributed by atoms with Crippen LogP contribution in [-0.2, 0) is 0 Å². The van der Waals surface area contributed by atoms with Crippen LogP contribution in [0.3, 0.4) is 0 Å². The molecule has 0 saturated heterocycles. The van der Waals surface area contributed by atoms with Gasteiger partial charge in [0.2, 0.25) is 5.13 Å². The van der Waals surface area contributed by atoms with Gasteiger partial charge in [0, 0.05) is 11.1 Å². The minimum absolute atomic E-state index is 0.0650. The van der Waals surface area contributed by atoms with Crippen LogP contribution in [0.1, 0.15) is 40.0 Å². The highest BCUT2D eigenvalue weighted by atomic mass is 32.1. The maximum Gasteiger partial charge on any atom is 0.206 e. The molecule has 0 spiro atoms. The lowest BCUT2D eigenvalue weighted by Gasteiger charge is -2.48. The van der Waals surface area contributed by atoms with Crippen LogP contribution in [0.15, 0.2) is 24.3 Å². The number of aromatic nitrogens is 2. The first kappa shape index (κ1) is 15.1. The molecule has 2 bridgehead atoms. The van der Waals surface area contributed by atoms with E-state index in [1.807, 2.05) is 0 Å². The van der Waals surface area contributed by atoms with Crippen molar-refractivity contribution in [2.75, 3.05) is 5.32 Å². The summed E-state index contributed by atoms with van der Waals surface area (Å²) >= 11 is 1.55. The van der Waals surface area contributed by atoms with Gasteiger partial charge in [0.1, 0.15) is 10.8 Å². The molecule has 2 aliphatic rings. The Morgan fingerprint density at radius 2 is 1.78 bits per heavy atom. The Kier molecular flexibility index (Phi) is 3.28. The minimum atomic E-state index is -0.229. The number of anilines is 1. The number of nitrogens with one attached hydrogen (secondary N) is 1. The number of hydrogen-bond acceptors (Lipinski definition) is 4. The van der Waals surface area contributed by atoms with Crippen LogP contribution in [0.4, 0.5) is 9.52 Å². The summed E-state index contributed by atoms with van der Waals surface area (Å²) in [5.74, 6) is 1.28. The molecule has 23 heavy (non-hydrogen) atoms. The average molecular weight is 331 g/mol. The van der Waals surface area contributed by atoms with E-state index in [9.17, 15) is 4.39 Å². The third-order valence-electron chi connectivity index (χ3n) is 6.49. The average Bonchev–Trinajstić information content (AvgIpc) is 3.19. The van der Waals surface area contributed by atoms with Crippen molar-refractivity contribution >= 4 is 16.5 Å². The van der Waals surface area contributed by atoms with Gasteiger partial charge in [-0.1, -0.05) is 25.2 Å². The molecule has 1 N–H and O–H groups in total. The molecule has 0 radical (unpaired) electrons. The van der Waals surface area contributed by atoms with Crippen molar-refractivity contribution in [1.82, 2.24) is 10.2 Å². The van der Waals surface area contributed by atoms with E-state index in [1.54, 1.807) is 23.5 Å². The number of fused-ring (bicyclic) bond motifs is 2. The maximum absolute atomic E-state index is 13.1. The predicted molar refractivity (Wildman–Crippen MR) is 91.9 cm³/mol. The van der Waals surface area contributed by atoms with Crippen molar-refractivity contribution in [2.24, 2.45) is 17.3 Å². The molecule has 1 aromatic heterocycles. The second kappa shape index (κ2) is 5.00. The van der Waals surface area contributed by atoms with Gasteiger partial charge in [-0.15, -0.1) is 10.2 Å². The summed E-state index contributed by atoms with van der Waals surface area (Å²) in [4.78, 5) is 0. The summed E-state index contributed by atoms with van der Waals surface area (Å²) < 4.78 is 13.1. The Morgan fingerprint density at radius 3 is 2.43 bits per heavy atom. The first-order valence-corrected chi connectivity index (χ1v) is 9.09. The lowest BCUT2D eigenvalue weighted by atomic mass is 9.64. The molecule has 2 fully saturated rings. The highest BCUT2D eigenvalue weighted by Gasteiger charge is 2.60. The van der Waals surface area contributed by atoms with Gasteiger partial charge in [-0.05, 0) is 67.7 Å². The Labute approximate surface area is 140 Å². The van der Waals surface area contributed by atoms with Gasteiger partial charge >= 0.3 is 0 Å². The number of hydrogen-bond donors (Lipinski definition) is 1. The van der Waals surface area contributed by atoms with Crippen LogP contribution in [0.2, 0.25) is 0 Å². The fourth-order valence-electron chi connectivity index (χ4n) is 4.58. The van der Waals surface area contributed by atoms with Gasteiger partial charge in [0.05, 0.1) is 0 Å². The lowest BCUT2D eigenvalue weighted by Crippen LogP contribution is -2.52. The Hall–Kier alpha value is -1.49. The minimum Gasteiger partial charge on any atom is -0.354 e. The summed E-state index contributed by atoms with van der Waals surface area (Å²) in [5, 5.41) is 14.0. The topological polar surface area (TPSA) is 37.8 Å². The lowest BCUT2D eigenvalue weighted by molar-refractivity contribution is 0.119. The fraction of sp³-hybridized carbons (Fsp3) is 0.556. The molecule has 3 atom stereocenters. The molecule has 122 valence electrons. The van der Waals surface area contributed by atoms with Crippen molar-refractivity contribution < 1.29 is 4.39 Å². The highest BCUT2D eigenvalue weighted by molar-refractivity contribution is 7.18. The van der Waals surface area contributed by atoms with E-state index >= 15 is 0 Å². The van der Waals surface area contributed by atoms with Crippen molar-refractivity contribution in [3.63, 3.8) is 0 Å². The summed E-state index contributed by atoms with van der Waals surface area (Å²) in [7, 11) is 0. The summed E-state index contributed by atoms with van der Waals surface area (Å²) in [6, 6.07) is 6.43. The van der Waals surface area contributed by atoms with E-state index < -0.39 is 0 Å². The van der Waals surface area contributed by atoms with Crippen molar-refractivity contribution in [2.45, 2.75) is 45.6 Å². The SMILES string of the molecule is CC1(C)C2CCC(C2)C1(C)Nc1nnc(-c2ccc(F)cc2)s1. The molecule has 4 rings (SSSR count). The third-order valence-corrected chi connectivity index (χ3v) is 7.38. The van der Waals surface area contributed by atoms with Crippen molar-refractivity contribution in [3.05, 3.63) is 30.1 Å². The van der Waals surface area contributed by atoms with Crippen LogP contribution in [0, 0.1) is 23.1 Å². The second-order valence-corrected chi connectivity index (χ2v) is 8.65. The van der Waals surface area contributed by atoms with Crippen molar-refractivity contribution in [3.8, 4) is 10.6 Å². The zero-order chi connectivity index (χ0) is 16.2. The number of halogens is 1. The molecule has 1 aromatic carbocycles. The largest absolute Gasteiger partial charge is 0.354 e. The summed E-state index contributed by atoms with van der Waals surface area (Å²) in [6.07, 6.45) is 3.98. The van der Waals surface area contributed by atoms with E-state index in [1.165, 1.54) is 31.4 Å². The van der Waals surface area contributed by atoms with Gasteiger partial charge in [0.15, 0.2) is 0 Å². The van der Waals surface area contributed by atoms with Crippen LogP contribution in [-0.4, -0.2) is 15.7 Å². The van der Waals surface area contributed by atoms with Gasteiger partial charge in [-0.3, -0.25) is 0 Å². The third kappa shape index (κ3) is 2.20. The molecule has 3 unspecified atom stereocenters. The molecule has 3 nitrogen and oxygen atoms in total. The van der Waals surface area contributed by atoms with Crippen molar-refractivity contribution in [1.29, 1.82) is 0 Å². The van der Waals surface area contributed by atoms with Crippen LogP contribution in [0.5, 0.6) is 0 Å². The normalized spacial score (nSPS) is 31.5. The van der Waals surface area contributed by atoms with Gasteiger partial charge in [-0.2, -0.15) is 0 Å². The first-order valence-electron chi connectivity index (χ1n) is 8.28. The Balaban J connectivity index is 1.59. The van der Waals surface area contributed by atoms with E-state index in [4.69, 9.17) is 0 Å². The molecule has 0 amide bonds. The molecule has 2 saturated carbocycles. The first-order chi connectivity index (χ1) is 10.9. The molecule has 5 heteroatoms. The van der Waals surface area contributed by atoms with Crippen LogP contribution >= 0.6 is 11.3 Å². The van der Waals surface area contributed by atoms with Gasteiger partial charge in [0.25, 0.3) is 0 Å². The van der Waals surface area contributed by atoms with E-state index in [0.717, 1.165) is 21.6 Å². The van der Waals surface area contributed by atoms with Gasteiger partial charge < -0.3 is 5.32 Å². The van der Waals surface area contributed by atoms with E-state index in [-0.39, 0.29) is 16.8 Å². The number of nitrogens with zero attached hydrogens (tertiary/aromatic N) is 2. The fourth-order valence-corrected chi connectivity index (χ4v) is 5.44. The standard InChI is InChI=1S/C18H22FN3S/c1-17(2)12-6-7-13(10-12)18(17,3)20-16-22-21-15(23-16)11-4-8-14(19)9-5-11/h4-5,8-9,12-13H,6-7,10H2,1-3H3,(H,20,22). The zero-order valence-corrected chi connectivity index (χ0v) is 14.6. The Morgan fingerprint density at radius 1 is 1.09 bits per heavy atom. The van der Waals surface area contributed by atoms with E-state index in [2.05, 4.69) is 36.3 Å².